The van der Waals surface area contributed by atoms with Gasteiger partial charge in [-0.25, -0.2) is 0 Å². The van der Waals surface area contributed by atoms with Crippen LogP contribution < -0.4 is 0 Å². The molecule has 1 rings (SSSR count). The molecule has 0 saturated heterocycles. The van der Waals surface area contributed by atoms with Gasteiger partial charge in [0.25, 0.3) is 0 Å². The summed E-state index contributed by atoms with van der Waals surface area (Å²) in [4.78, 5) is 0. The van der Waals surface area contributed by atoms with Crippen molar-refractivity contribution in [3.8, 4) is 0 Å². The minimum Gasteiger partial charge on any atom is -0.317 e. The molecule has 0 aliphatic heterocycles. The molecule has 16 heavy (non-hydrogen) atoms. The zero-order chi connectivity index (χ0) is 12.0. The largest absolute Gasteiger partial charge is 0.317 e. The van der Waals surface area contributed by atoms with Crippen LogP contribution in [0, 0.1) is 5.92 Å². The lowest BCUT2D eigenvalue weighted by molar-refractivity contribution is 0.464. The van der Waals surface area contributed by atoms with E-state index in [4.69, 9.17) is 0 Å². The molecule has 1 heterocycles. The first-order chi connectivity index (χ1) is 7.69. The Labute approximate surface area is 99.3 Å². The Balaban J connectivity index is 2.71. The lowest BCUT2D eigenvalue weighted by atomic mass is 9.98. The molecule has 1 aromatic rings. The van der Waals surface area contributed by atoms with E-state index in [-0.39, 0.29) is 0 Å². The monoisotopic (exact) mass is 223 g/mol. The average Bonchev–Trinajstić information content (AvgIpc) is 2.67. The minimum absolute atomic E-state index is 0.584. The van der Waals surface area contributed by atoms with Crippen molar-refractivity contribution < 1.29 is 0 Å². The molecule has 92 valence electrons. The summed E-state index contributed by atoms with van der Waals surface area (Å²) in [5, 5.41) is 8.37. The van der Waals surface area contributed by atoms with Gasteiger partial charge in [0.05, 0.1) is 0 Å². The van der Waals surface area contributed by atoms with Crippen molar-refractivity contribution in [1.82, 2.24) is 14.8 Å². The highest BCUT2D eigenvalue weighted by Gasteiger charge is 2.16. The summed E-state index contributed by atoms with van der Waals surface area (Å²) in [7, 11) is 0. The van der Waals surface area contributed by atoms with Gasteiger partial charge in [-0.3, -0.25) is 0 Å². The fourth-order valence-corrected chi connectivity index (χ4v) is 2.08. The summed E-state index contributed by atoms with van der Waals surface area (Å²) < 4.78 is 2.23. The second kappa shape index (κ2) is 6.66. The SMILES string of the molecule is CCCCC(CC)c1nncn1CC(C)C. The van der Waals surface area contributed by atoms with Gasteiger partial charge >= 0.3 is 0 Å². The van der Waals surface area contributed by atoms with Crippen molar-refractivity contribution in [1.29, 1.82) is 0 Å². The highest BCUT2D eigenvalue weighted by Crippen LogP contribution is 2.23. The van der Waals surface area contributed by atoms with Crippen molar-refractivity contribution >= 4 is 0 Å². The maximum absolute atomic E-state index is 4.31. The molecule has 3 heteroatoms. The normalized spacial score (nSPS) is 13.3. The molecule has 0 fully saturated rings. The van der Waals surface area contributed by atoms with Crippen molar-refractivity contribution in [3.05, 3.63) is 12.2 Å². The van der Waals surface area contributed by atoms with Crippen LogP contribution in [0.2, 0.25) is 0 Å². The van der Waals surface area contributed by atoms with Gasteiger partial charge in [0, 0.05) is 12.5 Å². The van der Waals surface area contributed by atoms with Crippen molar-refractivity contribution in [2.24, 2.45) is 5.92 Å². The van der Waals surface area contributed by atoms with Crippen LogP contribution in [0.25, 0.3) is 0 Å². The second-order valence-electron chi connectivity index (χ2n) is 4.98. The molecule has 1 aromatic heterocycles. The van der Waals surface area contributed by atoms with Gasteiger partial charge < -0.3 is 4.57 Å². The molecule has 3 nitrogen and oxygen atoms in total. The number of aromatic nitrogens is 3. The zero-order valence-corrected chi connectivity index (χ0v) is 11.1. The van der Waals surface area contributed by atoms with E-state index in [1.807, 2.05) is 6.33 Å². The third-order valence-corrected chi connectivity index (χ3v) is 2.97. The fourth-order valence-electron chi connectivity index (χ4n) is 2.08. The fraction of sp³-hybridized carbons (Fsp3) is 0.846. The lowest BCUT2D eigenvalue weighted by Gasteiger charge is -2.16. The first-order valence-corrected chi connectivity index (χ1v) is 6.56. The predicted octanol–water partition coefficient (Wildman–Crippen LogP) is 3.62. The van der Waals surface area contributed by atoms with Crippen LogP contribution in [0.3, 0.4) is 0 Å². The molecule has 1 atom stereocenters. The van der Waals surface area contributed by atoms with E-state index < -0.39 is 0 Å². The summed E-state index contributed by atoms with van der Waals surface area (Å²) in [5.74, 6) is 2.42. The summed E-state index contributed by atoms with van der Waals surface area (Å²) >= 11 is 0. The van der Waals surface area contributed by atoms with Gasteiger partial charge in [0.15, 0.2) is 0 Å². The van der Waals surface area contributed by atoms with Crippen LogP contribution in [0.1, 0.15) is 65.1 Å². The van der Waals surface area contributed by atoms with Crippen LogP contribution in [-0.4, -0.2) is 14.8 Å². The van der Waals surface area contributed by atoms with Crippen LogP contribution in [0.5, 0.6) is 0 Å². The first-order valence-electron chi connectivity index (χ1n) is 6.56. The van der Waals surface area contributed by atoms with E-state index in [9.17, 15) is 0 Å². The molecule has 0 radical (unpaired) electrons. The minimum atomic E-state index is 0.584. The Morgan fingerprint density at radius 2 is 2.06 bits per heavy atom. The lowest BCUT2D eigenvalue weighted by Crippen LogP contribution is -2.11. The van der Waals surface area contributed by atoms with Crippen molar-refractivity contribution in [2.75, 3.05) is 0 Å². The molecule has 0 aliphatic carbocycles. The van der Waals surface area contributed by atoms with Crippen molar-refractivity contribution in [2.45, 2.75) is 65.8 Å². The molecule has 0 amide bonds. The van der Waals surface area contributed by atoms with Gasteiger partial charge in [-0.15, -0.1) is 10.2 Å². The van der Waals surface area contributed by atoms with E-state index in [2.05, 4.69) is 42.5 Å². The van der Waals surface area contributed by atoms with Gasteiger partial charge in [-0.2, -0.15) is 0 Å². The van der Waals surface area contributed by atoms with E-state index in [0.29, 0.717) is 11.8 Å². The number of hydrogen-bond donors (Lipinski definition) is 0. The molecule has 0 spiro atoms. The Morgan fingerprint density at radius 3 is 2.62 bits per heavy atom. The third-order valence-electron chi connectivity index (χ3n) is 2.97. The van der Waals surface area contributed by atoms with E-state index >= 15 is 0 Å². The maximum atomic E-state index is 4.31. The Morgan fingerprint density at radius 1 is 1.31 bits per heavy atom. The highest BCUT2D eigenvalue weighted by molar-refractivity contribution is 4.96. The number of rotatable bonds is 7. The topological polar surface area (TPSA) is 30.7 Å². The van der Waals surface area contributed by atoms with E-state index in [1.165, 1.54) is 25.1 Å². The summed E-state index contributed by atoms with van der Waals surface area (Å²) in [6.45, 7) is 9.98. The number of unbranched alkanes of at least 4 members (excludes halogenated alkanes) is 1. The molecule has 0 bridgehead atoms. The zero-order valence-electron chi connectivity index (χ0n) is 11.1. The number of nitrogens with zero attached hydrogens (tertiary/aromatic N) is 3. The molecule has 0 saturated carbocycles. The summed E-state index contributed by atoms with van der Waals surface area (Å²) in [6, 6.07) is 0. The molecular weight excluding hydrogens is 198 g/mol. The molecule has 0 aromatic carbocycles. The van der Waals surface area contributed by atoms with Gasteiger partial charge in [0.1, 0.15) is 12.2 Å². The Hall–Kier alpha value is -0.860. The average molecular weight is 223 g/mol. The summed E-state index contributed by atoms with van der Waals surface area (Å²) in [6.07, 6.45) is 6.83. The van der Waals surface area contributed by atoms with Crippen LogP contribution in [-0.2, 0) is 6.54 Å². The number of hydrogen-bond acceptors (Lipinski definition) is 2. The quantitative estimate of drug-likeness (QED) is 0.707. The smallest absolute Gasteiger partial charge is 0.135 e. The van der Waals surface area contributed by atoms with Crippen LogP contribution in [0.4, 0.5) is 0 Å². The molecule has 0 N–H and O–H groups in total. The third kappa shape index (κ3) is 3.62. The first kappa shape index (κ1) is 13.2. The molecular formula is C13H25N3. The maximum Gasteiger partial charge on any atom is 0.135 e. The van der Waals surface area contributed by atoms with Crippen LogP contribution in [0.15, 0.2) is 6.33 Å². The molecule has 0 aliphatic rings. The van der Waals surface area contributed by atoms with E-state index in [0.717, 1.165) is 13.0 Å². The van der Waals surface area contributed by atoms with Gasteiger partial charge in [-0.1, -0.05) is 40.5 Å². The second-order valence-corrected chi connectivity index (χ2v) is 4.98. The molecule has 1 unspecified atom stereocenters. The van der Waals surface area contributed by atoms with E-state index in [1.54, 1.807) is 0 Å². The van der Waals surface area contributed by atoms with Gasteiger partial charge in [-0.05, 0) is 18.8 Å². The summed E-state index contributed by atoms with van der Waals surface area (Å²) in [5.41, 5.74) is 0. The Bertz CT molecular complexity index is 291. The standard InChI is InChI=1S/C13H25N3/c1-5-7-8-12(6-2)13-15-14-10-16(13)9-11(3)4/h10-12H,5-9H2,1-4H3. The van der Waals surface area contributed by atoms with Crippen molar-refractivity contribution in [3.63, 3.8) is 0 Å². The van der Waals surface area contributed by atoms with Gasteiger partial charge in [0.2, 0.25) is 0 Å². The van der Waals surface area contributed by atoms with Crippen LogP contribution >= 0.6 is 0 Å². The highest BCUT2D eigenvalue weighted by atomic mass is 15.3. The predicted molar refractivity (Wildman–Crippen MR) is 67.4 cm³/mol. The Kier molecular flexibility index (Phi) is 5.50.